The third-order valence-electron chi connectivity index (χ3n) is 3.50. The Labute approximate surface area is 139 Å². The van der Waals surface area contributed by atoms with E-state index in [1.807, 2.05) is 0 Å². The average Bonchev–Trinajstić information content (AvgIpc) is 2.54. The highest BCUT2D eigenvalue weighted by atomic mass is 19.1. The average molecular weight is 335 g/mol. The van der Waals surface area contributed by atoms with Gasteiger partial charge in [0.05, 0.1) is 0 Å². The van der Waals surface area contributed by atoms with Crippen LogP contribution in [0.1, 0.15) is 11.1 Å². The van der Waals surface area contributed by atoms with Crippen molar-refractivity contribution < 1.29 is 13.2 Å². The lowest BCUT2D eigenvalue weighted by Gasteiger charge is -2.12. The molecule has 0 heterocycles. The molecule has 24 heavy (non-hydrogen) atoms. The minimum absolute atomic E-state index is 0.227. The van der Waals surface area contributed by atoms with E-state index in [2.05, 4.69) is 15.6 Å². The van der Waals surface area contributed by atoms with E-state index in [9.17, 15) is 13.2 Å². The third kappa shape index (κ3) is 5.61. The van der Waals surface area contributed by atoms with Crippen molar-refractivity contribution in [2.24, 2.45) is 4.99 Å². The molecule has 0 fully saturated rings. The Bertz CT molecular complexity index is 681. The van der Waals surface area contributed by atoms with Crippen LogP contribution < -0.4 is 10.6 Å². The maximum Gasteiger partial charge on any atom is 0.190 e. The summed E-state index contributed by atoms with van der Waals surface area (Å²) in [5, 5.41) is 6.14. The number of halogens is 3. The number of hydrogen-bond donors (Lipinski definition) is 2. The van der Waals surface area contributed by atoms with Crippen LogP contribution >= 0.6 is 0 Å². The van der Waals surface area contributed by atoms with Crippen molar-refractivity contribution in [3.05, 3.63) is 71.0 Å². The summed E-state index contributed by atoms with van der Waals surface area (Å²) < 4.78 is 39.7. The molecule has 0 aromatic heterocycles. The molecule has 0 unspecified atom stereocenters. The summed E-state index contributed by atoms with van der Waals surface area (Å²) >= 11 is 0. The summed E-state index contributed by atoms with van der Waals surface area (Å²) in [6.45, 7) is 0.997. The number of nitrogens with zero attached hydrogens (tertiary/aromatic N) is 1. The van der Waals surface area contributed by atoms with E-state index >= 15 is 0 Å². The quantitative estimate of drug-likeness (QED) is 0.629. The Hall–Kier alpha value is -2.50. The van der Waals surface area contributed by atoms with E-state index < -0.39 is 11.6 Å². The SMILES string of the molecule is CN=C(NCCc1cc(F)cc(F)c1)NCCc1ccccc1F. The molecule has 0 spiro atoms. The molecule has 2 N–H and O–H groups in total. The van der Waals surface area contributed by atoms with Crippen LogP contribution in [0.25, 0.3) is 0 Å². The van der Waals surface area contributed by atoms with E-state index in [1.165, 1.54) is 18.2 Å². The second kappa shape index (κ2) is 8.96. The van der Waals surface area contributed by atoms with Gasteiger partial charge in [-0.15, -0.1) is 0 Å². The standard InChI is InChI=1S/C18H20F3N3/c1-22-18(24-9-7-14-4-2-3-5-17(14)21)23-8-6-13-10-15(19)12-16(20)11-13/h2-5,10-12H,6-9H2,1H3,(H2,22,23,24). The molecule has 2 aromatic rings. The lowest BCUT2D eigenvalue weighted by atomic mass is 10.1. The predicted octanol–water partition coefficient (Wildman–Crippen LogP) is 3.05. The topological polar surface area (TPSA) is 36.4 Å². The predicted molar refractivity (Wildman–Crippen MR) is 89.5 cm³/mol. The molecule has 3 nitrogen and oxygen atoms in total. The number of hydrogen-bond acceptors (Lipinski definition) is 1. The van der Waals surface area contributed by atoms with E-state index in [-0.39, 0.29) is 5.82 Å². The number of guanidine groups is 1. The van der Waals surface area contributed by atoms with Crippen molar-refractivity contribution in [3.8, 4) is 0 Å². The van der Waals surface area contributed by atoms with Crippen LogP contribution in [0.3, 0.4) is 0 Å². The highest BCUT2D eigenvalue weighted by molar-refractivity contribution is 5.79. The molecule has 0 saturated carbocycles. The molecule has 2 aromatic carbocycles. The Balaban J connectivity index is 1.75. The van der Waals surface area contributed by atoms with Crippen molar-refractivity contribution in [3.63, 3.8) is 0 Å². The second-order valence-electron chi connectivity index (χ2n) is 5.29. The van der Waals surface area contributed by atoms with Crippen LogP contribution in [-0.4, -0.2) is 26.1 Å². The molecular formula is C18H20F3N3. The van der Waals surface area contributed by atoms with Crippen LogP contribution in [0.2, 0.25) is 0 Å². The van der Waals surface area contributed by atoms with Crippen molar-refractivity contribution in [1.82, 2.24) is 10.6 Å². The maximum absolute atomic E-state index is 13.5. The highest BCUT2D eigenvalue weighted by Crippen LogP contribution is 2.08. The van der Waals surface area contributed by atoms with Crippen LogP contribution in [0, 0.1) is 17.5 Å². The normalized spacial score (nSPS) is 11.4. The maximum atomic E-state index is 13.5. The number of aliphatic imine (C=N–C) groups is 1. The zero-order valence-corrected chi connectivity index (χ0v) is 13.5. The van der Waals surface area contributed by atoms with Gasteiger partial charge >= 0.3 is 0 Å². The smallest absolute Gasteiger partial charge is 0.190 e. The molecular weight excluding hydrogens is 315 g/mol. The van der Waals surface area contributed by atoms with Gasteiger partial charge in [0.15, 0.2) is 5.96 Å². The fraction of sp³-hybridized carbons (Fsp3) is 0.278. The minimum atomic E-state index is -0.586. The van der Waals surface area contributed by atoms with E-state index in [0.717, 1.165) is 6.07 Å². The molecule has 0 radical (unpaired) electrons. The lowest BCUT2D eigenvalue weighted by Crippen LogP contribution is -2.39. The van der Waals surface area contributed by atoms with Crippen LogP contribution in [0.5, 0.6) is 0 Å². The Kier molecular flexibility index (Phi) is 6.66. The first-order chi connectivity index (χ1) is 11.6. The van der Waals surface area contributed by atoms with E-state index in [0.29, 0.717) is 43.0 Å². The third-order valence-corrected chi connectivity index (χ3v) is 3.50. The summed E-state index contributed by atoms with van der Waals surface area (Å²) in [4.78, 5) is 4.06. The summed E-state index contributed by atoms with van der Waals surface area (Å²) in [5.74, 6) is -0.839. The molecule has 6 heteroatoms. The number of benzene rings is 2. The molecule has 0 atom stereocenters. The molecule has 0 aliphatic heterocycles. The fourth-order valence-electron chi connectivity index (χ4n) is 2.32. The van der Waals surface area contributed by atoms with Crippen molar-refractivity contribution in [1.29, 1.82) is 0 Å². The van der Waals surface area contributed by atoms with Gasteiger partial charge in [-0.25, -0.2) is 13.2 Å². The summed E-state index contributed by atoms with van der Waals surface area (Å²) in [7, 11) is 1.63. The molecule has 0 amide bonds. The zero-order valence-electron chi connectivity index (χ0n) is 13.5. The largest absolute Gasteiger partial charge is 0.356 e. The number of rotatable bonds is 6. The van der Waals surface area contributed by atoms with Gasteiger partial charge in [0.1, 0.15) is 17.5 Å². The minimum Gasteiger partial charge on any atom is -0.356 e. The molecule has 0 aliphatic carbocycles. The second-order valence-corrected chi connectivity index (χ2v) is 5.29. The molecule has 0 aliphatic rings. The Morgan fingerprint density at radius 1 is 0.917 bits per heavy atom. The molecule has 2 rings (SSSR count). The Morgan fingerprint density at radius 3 is 2.17 bits per heavy atom. The van der Waals surface area contributed by atoms with Crippen LogP contribution in [0.15, 0.2) is 47.5 Å². The first-order valence-electron chi connectivity index (χ1n) is 7.71. The van der Waals surface area contributed by atoms with Gasteiger partial charge in [-0.2, -0.15) is 0 Å². The van der Waals surface area contributed by atoms with Gasteiger partial charge in [0.25, 0.3) is 0 Å². The first-order valence-corrected chi connectivity index (χ1v) is 7.71. The van der Waals surface area contributed by atoms with Crippen molar-refractivity contribution in [2.75, 3.05) is 20.1 Å². The Morgan fingerprint density at radius 2 is 1.54 bits per heavy atom. The van der Waals surface area contributed by atoms with Gasteiger partial charge in [0, 0.05) is 26.2 Å². The van der Waals surface area contributed by atoms with Crippen LogP contribution in [-0.2, 0) is 12.8 Å². The molecule has 0 bridgehead atoms. The monoisotopic (exact) mass is 335 g/mol. The van der Waals surface area contributed by atoms with Crippen LogP contribution in [0.4, 0.5) is 13.2 Å². The van der Waals surface area contributed by atoms with Gasteiger partial charge in [-0.05, 0) is 42.2 Å². The molecule has 0 saturated heterocycles. The summed E-state index contributed by atoms with van der Waals surface area (Å²) in [6, 6.07) is 10.1. The van der Waals surface area contributed by atoms with E-state index in [1.54, 1.807) is 25.2 Å². The zero-order chi connectivity index (χ0) is 17.4. The van der Waals surface area contributed by atoms with Gasteiger partial charge in [-0.1, -0.05) is 18.2 Å². The van der Waals surface area contributed by atoms with E-state index in [4.69, 9.17) is 0 Å². The first kappa shape index (κ1) is 17.8. The highest BCUT2D eigenvalue weighted by Gasteiger charge is 2.03. The summed E-state index contributed by atoms with van der Waals surface area (Å²) in [5.41, 5.74) is 1.21. The lowest BCUT2D eigenvalue weighted by molar-refractivity contribution is 0.579. The summed E-state index contributed by atoms with van der Waals surface area (Å²) in [6.07, 6.45) is 0.991. The fourth-order valence-corrected chi connectivity index (χ4v) is 2.32. The molecule has 128 valence electrons. The number of nitrogens with one attached hydrogen (secondary N) is 2. The van der Waals surface area contributed by atoms with Gasteiger partial charge in [-0.3, -0.25) is 4.99 Å². The van der Waals surface area contributed by atoms with Gasteiger partial charge in [0.2, 0.25) is 0 Å². The van der Waals surface area contributed by atoms with Crippen molar-refractivity contribution in [2.45, 2.75) is 12.8 Å². The van der Waals surface area contributed by atoms with Gasteiger partial charge < -0.3 is 10.6 Å². The van der Waals surface area contributed by atoms with Crippen molar-refractivity contribution >= 4 is 5.96 Å².